The molecule has 1 aromatic carbocycles. The Bertz CT molecular complexity index is 281. The van der Waals surface area contributed by atoms with Gasteiger partial charge in [-0.15, -0.1) is 0 Å². The van der Waals surface area contributed by atoms with Crippen LogP contribution in [-0.4, -0.2) is 6.54 Å². The van der Waals surface area contributed by atoms with Crippen molar-refractivity contribution in [2.24, 2.45) is 0 Å². The minimum Gasteiger partial charge on any atom is -0.309 e. The molecule has 1 nitrogen and oxygen atoms in total. The van der Waals surface area contributed by atoms with E-state index in [4.69, 9.17) is 0 Å². The maximum atomic E-state index is 11.6. The summed E-state index contributed by atoms with van der Waals surface area (Å²) >= 11 is 0. The Hall–Kier alpha value is -1.15. The van der Waals surface area contributed by atoms with Crippen molar-refractivity contribution in [3.63, 3.8) is 0 Å². The van der Waals surface area contributed by atoms with Gasteiger partial charge in [0, 0.05) is 13.1 Å². The van der Waals surface area contributed by atoms with Crippen molar-refractivity contribution in [3.8, 4) is 0 Å². The van der Waals surface area contributed by atoms with Crippen LogP contribution in [0, 0.1) is 6.92 Å². The first-order valence-electron chi connectivity index (χ1n) is 4.35. The van der Waals surface area contributed by atoms with E-state index in [9.17, 15) is 4.39 Å². The number of nitrogens with one attached hydrogen (secondary N) is 1. The smallest absolute Gasteiger partial charge is 0.0839 e. The Labute approximate surface area is 78.3 Å². The molecule has 0 aromatic heterocycles. The highest BCUT2D eigenvalue weighted by Gasteiger charge is 1.93. The Morgan fingerprint density at radius 3 is 2.85 bits per heavy atom. The van der Waals surface area contributed by atoms with E-state index in [1.54, 1.807) is 0 Å². The summed E-state index contributed by atoms with van der Waals surface area (Å²) in [6.45, 7) is 3.43. The zero-order valence-corrected chi connectivity index (χ0v) is 7.76. The summed E-state index contributed by atoms with van der Waals surface area (Å²) in [5.41, 5.74) is 2.52. The average molecular weight is 179 g/mol. The quantitative estimate of drug-likeness (QED) is 0.700. The fraction of sp³-hybridized carbons (Fsp3) is 0.273. The van der Waals surface area contributed by atoms with Crippen LogP contribution in [0.4, 0.5) is 4.39 Å². The van der Waals surface area contributed by atoms with Gasteiger partial charge in [0.05, 0.1) is 6.33 Å². The van der Waals surface area contributed by atoms with Crippen LogP contribution in [0.25, 0.3) is 0 Å². The highest BCUT2D eigenvalue weighted by molar-refractivity contribution is 5.25. The fourth-order valence-corrected chi connectivity index (χ4v) is 1.14. The predicted molar refractivity (Wildman–Crippen MR) is 53.1 cm³/mol. The summed E-state index contributed by atoms with van der Waals surface area (Å²) in [6, 6.07) is 8.17. The summed E-state index contributed by atoms with van der Waals surface area (Å²) < 4.78 is 11.6. The van der Waals surface area contributed by atoms with E-state index < -0.39 is 0 Å². The first kappa shape index (κ1) is 9.93. The minimum absolute atomic E-state index is 0.560. The Balaban J connectivity index is 2.41. The normalized spacial score (nSPS) is 10.9. The summed E-state index contributed by atoms with van der Waals surface area (Å²) in [4.78, 5) is 0. The van der Waals surface area contributed by atoms with Gasteiger partial charge in [0.2, 0.25) is 0 Å². The van der Waals surface area contributed by atoms with Gasteiger partial charge in [-0.2, -0.15) is 0 Å². The highest BCUT2D eigenvalue weighted by Crippen LogP contribution is 2.05. The van der Waals surface area contributed by atoms with Crippen LogP contribution >= 0.6 is 0 Å². The number of aryl methyl sites for hydroxylation is 1. The molecule has 2 heteroatoms. The van der Waals surface area contributed by atoms with Gasteiger partial charge >= 0.3 is 0 Å². The molecule has 70 valence electrons. The number of hydrogen-bond acceptors (Lipinski definition) is 1. The van der Waals surface area contributed by atoms with Crippen LogP contribution < -0.4 is 5.32 Å². The minimum atomic E-state index is 0.560. The zero-order valence-electron chi connectivity index (χ0n) is 7.76. The largest absolute Gasteiger partial charge is 0.309 e. The average Bonchev–Trinajstić information content (AvgIpc) is 2.15. The highest BCUT2D eigenvalue weighted by atomic mass is 19.1. The van der Waals surface area contributed by atoms with Crippen molar-refractivity contribution in [1.29, 1.82) is 0 Å². The number of halogens is 1. The van der Waals surface area contributed by atoms with Gasteiger partial charge in [0.1, 0.15) is 0 Å². The monoisotopic (exact) mass is 179 g/mol. The maximum absolute atomic E-state index is 11.6. The molecule has 0 unspecified atom stereocenters. The molecule has 0 heterocycles. The second-order valence-electron chi connectivity index (χ2n) is 2.92. The van der Waals surface area contributed by atoms with Gasteiger partial charge in [-0.3, -0.25) is 0 Å². The molecular formula is C11H14FN. The SMILES string of the molecule is Cc1ccccc1CNCC=CF. The standard InChI is InChI=1S/C11H14FN/c1-10-5-2-3-6-11(10)9-13-8-4-7-12/h2-7,13H,8-9H2,1H3. The van der Waals surface area contributed by atoms with Crippen molar-refractivity contribution < 1.29 is 4.39 Å². The molecule has 1 aromatic rings. The lowest BCUT2D eigenvalue weighted by molar-refractivity contribution is 0.698. The zero-order chi connectivity index (χ0) is 9.52. The molecule has 0 atom stereocenters. The lowest BCUT2D eigenvalue weighted by Gasteiger charge is -2.04. The molecule has 1 rings (SSSR count). The molecule has 0 spiro atoms. The molecule has 0 saturated carbocycles. The fourth-order valence-electron chi connectivity index (χ4n) is 1.14. The van der Waals surface area contributed by atoms with Crippen molar-refractivity contribution in [2.75, 3.05) is 6.54 Å². The van der Waals surface area contributed by atoms with Gasteiger partial charge in [-0.1, -0.05) is 24.3 Å². The van der Waals surface area contributed by atoms with E-state index in [1.807, 2.05) is 12.1 Å². The van der Waals surface area contributed by atoms with E-state index >= 15 is 0 Å². The van der Waals surface area contributed by atoms with E-state index in [-0.39, 0.29) is 0 Å². The van der Waals surface area contributed by atoms with Crippen molar-refractivity contribution in [2.45, 2.75) is 13.5 Å². The second-order valence-corrected chi connectivity index (χ2v) is 2.92. The summed E-state index contributed by atoms with van der Waals surface area (Å²) in [5, 5.41) is 3.12. The first-order chi connectivity index (χ1) is 6.34. The first-order valence-corrected chi connectivity index (χ1v) is 4.35. The topological polar surface area (TPSA) is 12.0 Å². The number of benzene rings is 1. The van der Waals surface area contributed by atoms with Crippen LogP contribution in [0.15, 0.2) is 36.7 Å². The van der Waals surface area contributed by atoms with Crippen molar-refractivity contribution in [3.05, 3.63) is 47.8 Å². The molecule has 0 fully saturated rings. The lowest BCUT2D eigenvalue weighted by Crippen LogP contribution is -2.13. The van der Waals surface area contributed by atoms with E-state index in [0.29, 0.717) is 12.9 Å². The summed E-state index contributed by atoms with van der Waals surface area (Å²) in [5.74, 6) is 0. The maximum Gasteiger partial charge on any atom is 0.0839 e. The van der Waals surface area contributed by atoms with E-state index in [1.165, 1.54) is 17.2 Å². The molecule has 0 aliphatic carbocycles. The molecule has 1 N–H and O–H groups in total. The van der Waals surface area contributed by atoms with Gasteiger partial charge < -0.3 is 5.32 Å². The van der Waals surface area contributed by atoms with Gasteiger partial charge in [0.25, 0.3) is 0 Å². The van der Waals surface area contributed by atoms with Gasteiger partial charge in [-0.25, -0.2) is 4.39 Å². The third-order valence-corrected chi connectivity index (χ3v) is 1.93. The summed E-state index contributed by atoms with van der Waals surface area (Å²) in [6.07, 6.45) is 2.02. The molecule has 0 bridgehead atoms. The third-order valence-electron chi connectivity index (χ3n) is 1.93. The van der Waals surface area contributed by atoms with Gasteiger partial charge in [-0.05, 0) is 24.1 Å². The number of hydrogen-bond donors (Lipinski definition) is 1. The van der Waals surface area contributed by atoms with Crippen molar-refractivity contribution in [1.82, 2.24) is 5.32 Å². The molecule has 0 aliphatic rings. The lowest BCUT2D eigenvalue weighted by atomic mass is 10.1. The molecule has 0 saturated heterocycles. The Morgan fingerprint density at radius 2 is 2.15 bits per heavy atom. The summed E-state index contributed by atoms with van der Waals surface area (Å²) in [7, 11) is 0. The van der Waals surface area contributed by atoms with Crippen LogP contribution in [0.1, 0.15) is 11.1 Å². The molecule has 13 heavy (non-hydrogen) atoms. The Kier molecular flexibility index (Phi) is 4.19. The van der Waals surface area contributed by atoms with Gasteiger partial charge in [0.15, 0.2) is 0 Å². The van der Waals surface area contributed by atoms with Crippen molar-refractivity contribution >= 4 is 0 Å². The molecule has 0 aliphatic heterocycles. The van der Waals surface area contributed by atoms with E-state index in [2.05, 4.69) is 24.4 Å². The second kappa shape index (κ2) is 5.49. The Morgan fingerprint density at radius 1 is 1.38 bits per heavy atom. The number of rotatable bonds is 4. The molecule has 0 amide bonds. The molecule has 0 radical (unpaired) electrons. The van der Waals surface area contributed by atoms with E-state index in [0.717, 1.165) is 6.54 Å². The predicted octanol–water partition coefficient (Wildman–Crippen LogP) is 2.57. The van der Waals surface area contributed by atoms with Crippen LogP contribution in [0.5, 0.6) is 0 Å². The van der Waals surface area contributed by atoms with Crippen LogP contribution in [0.3, 0.4) is 0 Å². The molecular weight excluding hydrogens is 165 g/mol. The third kappa shape index (κ3) is 3.38. The van der Waals surface area contributed by atoms with Crippen LogP contribution in [-0.2, 0) is 6.54 Å². The van der Waals surface area contributed by atoms with Crippen LogP contribution in [0.2, 0.25) is 0 Å².